The molecule has 0 saturated carbocycles. The minimum Gasteiger partial charge on any atom is -0.366 e. The number of nitro benzene ring substituents is 1. The second-order valence-electron chi connectivity index (χ2n) is 5.53. The highest BCUT2D eigenvalue weighted by Crippen LogP contribution is 2.34. The standard InChI is InChI=1S/C13H19N3O4S/c1-9(14)10-5-6-15(8-10)12-4-3-11(21(2,19)20)7-13(12)16(17)18/h3-4,7,9-10H,5-6,8,14H2,1-2H3. The van der Waals surface area contributed by atoms with Crippen LogP contribution in [-0.4, -0.2) is 38.7 Å². The van der Waals surface area contributed by atoms with Crippen molar-refractivity contribution in [1.82, 2.24) is 0 Å². The average Bonchev–Trinajstić information content (AvgIpc) is 2.86. The van der Waals surface area contributed by atoms with E-state index < -0.39 is 14.8 Å². The van der Waals surface area contributed by atoms with E-state index in [-0.39, 0.29) is 16.6 Å². The van der Waals surface area contributed by atoms with Crippen LogP contribution in [0, 0.1) is 16.0 Å². The number of nitrogens with two attached hydrogens (primary N) is 1. The third kappa shape index (κ3) is 3.33. The van der Waals surface area contributed by atoms with Crippen LogP contribution in [0.4, 0.5) is 11.4 Å². The highest BCUT2D eigenvalue weighted by Gasteiger charge is 2.30. The Balaban J connectivity index is 2.39. The van der Waals surface area contributed by atoms with Crippen molar-refractivity contribution in [3.8, 4) is 0 Å². The number of benzene rings is 1. The van der Waals surface area contributed by atoms with E-state index >= 15 is 0 Å². The Labute approximate surface area is 123 Å². The number of sulfone groups is 1. The van der Waals surface area contributed by atoms with E-state index in [0.29, 0.717) is 24.7 Å². The zero-order chi connectivity index (χ0) is 15.8. The lowest BCUT2D eigenvalue weighted by molar-refractivity contribution is -0.384. The Morgan fingerprint density at radius 1 is 1.48 bits per heavy atom. The summed E-state index contributed by atoms with van der Waals surface area (Å²) in [6.07, 6.45) is 1.91. The van der Waals surface area contributed by atoms with E-state index in [1.807, 2.05) is 11.8 Å². The molecule has 8 heteroatoms. The van der Waals surface area contributed by atoms with Gasteiger partial charge in [0.2, 0.25) is 0 Å². The molecule has 0 radical (unpaired) electrons. The van der Waals surface area contributed by atoms with Crippen LogP contribution in [-0.2, 0) is 9.84 Å². The van der Waals surface area contributed by atoms with Gasteiger partial charge in [-0.05, 0) is 31.4 Å². The van der Waals surface area contributed by atoms with E-state index in [9.17, 15) is 18.5 Å². The van der Waals surface area contributed by atoms with Crippen LogP contribution in [0.1, 0.15) is 13.3 Å². The summed E-state index contributed by atoms with van der Waals surface area (Å²) in [7, 11) is -3.47. The summed E-state index contributed by atoms with van der Waals surface area (Å²) in [5, 5.41) is 11.2. The molecule has 2 N–H and O–H groups in total. The maximum Gasteiger partial charge on any atom is 0.293 e. The molecule has 1 aliphatic rings. The highest BCUT2D eigenvalue weighted by atomic mass is 32.2. The van der Waals surface area contributed by atoms with E-state index in [1.165, 1.54) is 12.1 Å². The second kappa shape index (κ2) is 5.61. The number of hydrogen-bond acceptors (Lipinski definition) is 6. The maximum absolute atomic E-state index is 11.5. The highest BCUT2D eigenvalue weighted by molar-refractivity contribution is 7.90. The van der Waals surface area contributed by atoms with Crippen molar-refractivity contribution in [2.75, 3.05) is 24.2 Å². The summed E-state index contributed by atoms with van der Waals surface area (Å²) < 4.78 is 23.1. The molecule has 0 aliphatic carbocycles. The van der Waals surface area contributed by atoms with Crippen molar-refractivity contribution < 1.29 is 13.3 Å². The monoisotopic (exact) mass is 313 g/mol. The van der Waals surface area contributed by atoms with Gasteiger partial charge in [0.05, 0.1) is 9.82 Å². The first-order valence-electron chi connectivity index (χ1n) is 6.69. The minimum atomic E-state index is -3.47. The van der Waals surface area contributed by atoms with E-state index in [0.717, 1.165) is 18.7 Å². The van der Waals surface area contributed by atoms with Crippen molar-refractivity contribution >= 4 is 21.2 Å². The van der Waals surface area contributed by atoms with Gasteiger partial charge in [0.1, 0.15) is 5.69 Å². The molecule has 116 valence electrons. The molecule has 2 atom stereocenters. The van der Waals surface area contributed by atoms with Gasteiger partial charge in [-0.25, -0.2) is 8.42 Å². The third-order valence-corrected chi connectivity index (χ3v) is 4.99. The molecule has 2 unspecified atom stereocenters. The van der Waals surface area contributed by atoms with Gasteiger partial charge in [-0.15, -0.1) is 0 Å². The second-order valence-corrected chi connectivity index (χ2v) is 7.55. The molecule has 1 aromatic rings. The van der Waals surface area contributed by atoms with Gasteiger partial charge in [-0.2, -0.15) is 0 Å². The van der Waals surface area contributed by atoms with Gasteiger partial charge in [0.15, 0.2) is 9.84 Å². The summed E-state index contributed by atoms with van der Waals surface area (Å²) in [6, 6.07) is 4.09. The molecule has 7 nitrogen and oxygen atoms in total. The lowest BCUT2D eigenvalue weighted by atomic mass is 10.0. The van der Waals surface area contributed by atoms with Crippen LogP contribution >= 0.6 is 0 Å². The molecule has 0 amide bonds. The Hall–Kier alpha value is -1.67. The summed E-state index contributed by atoms with van der Waals surface area (Å²) in [4.78, 5) is 12.6. The molecule has 1 fully saturated rings. The van der Waals surface area contributed by atoms with Crippen LogP contribution in [0.3, 0.4) is 0 Å². The number of anilines is 1. The van der Waals surface area contributed by atoms with Gasteiger partial charge in [-0.1, -0.05) is 0 Å². The molecule has 1 saturated heterocycles. The molecule has 1 heterocycles. The van der Waals surface area contributed by atoms with E-state index in [4.69, 9.17) is 5.73 Å². The van der Waals surface area contributed by atoms with Gasteiger partial charge >= 0.3 is 0 Å². The van der Waals surface area contributed by atoms with Crippen molar-refractivity contribution in [2.24, 2.45) is 11.7 Å². The first-order valence-corrected chi connectivity index (χ1v) is 8.58. The predicted octanol–water partition coefficient (Wildman–Crippen LogP) is 1.17. The molecule has 0 bridgehead atoms. The van der Waals surface area contributed by atoms with Crippen LogP contribution in [0.25, 0.3) is 0 Å². The number of nitro groups is 1. The summed E-state index contributed by atoms with van der Waals surface area (Å²) >= 11 is 0. The lowest BCUT2D eigenvalue weighted by Gasteiger charge is -2.20. The molecular weight excluding hydrogens is 294 g/mol. The van der Waals surface area contributed by atoms with Gasteiger partial charge in [-0.3, -0.25) is 10.1 Å². The van der Waals surface area contributed by atoms with Crippen molar-refractivity contribution in [2.45, 2.75) is 24.3 Å². The molecule has 1 aliphatic heterocycles. The first kappa shape index (κ1) is 15.7. The third-order valence-electron chi connectivity index (χ3n) is 3.88. The van der Waals surface area contributed by atoms with Crippen LogP contribution in [0.2, 0.25) is 0 Å². The Kier molecular flexibility index (Phi) is 4.20. The zero-order valence-corrected chi connectivity index (χ0v) is 12.8. The minimum absolute atomic E-state index is 0.0318. The SMILES string of the molecule is CC(N)C1CCN(c2ccc(S(C)(=O)=O)cc2[N+](=O)[O-])C1. The number of nitrogens with zero attached hydrogens (tertiary/aromatic N) is 2. The molecule has 21 heavy (non-hydrogen) atoms. The molecular formula is C13H19N3O4S. The van der Waals surface area contributed by atoms with E-state index in [1.54, 1.807) is 0 Å². The largest absolute Gasteiger partial charge is 0.366 e. The van der Waals surface area contributed by atoms with Crippen LogP contribution in [0.15, 0.2) is 23.1 Å². The molecule has 0 aromatic heterocycles. The van der Waals surface area contributed by atoms with Crippen molar-refractivity contribution in [1.29, 1.82) is 0 Å². The molecule has 1 aromatic carbocycles. The lowest BCUT2D eigenvalue weighted by Crippen LogP contribution is -2.29. The first-order chi connectivity index (χ1) is 9.70. The zero-order valence-electron chi connectivity index (χ0n) is 12.0. The van der Waals surface area contributed by atoms with Gasteiger partial charge in [0.25, 0.3) is 5.69 Å². The van der Waals surface area contributed by atoms with Crippen molar-refractivity contribution in [3.63, 3.8) is 0 Å². The Morgan fingerprint density at radius 2 is 2.14 bits per heavy atom. The quantitative estimate of drug-likeness (QED) is 0.660. The van der Waals surface area contributed by atoms with Gasteiger partial charge in [0, 0.05) is 31.5 Å². The van der Waals surface area contributed by atoms with E-state index in [2.05, 4.69) is 0 Å². The maximum atomic E-state index is 11.5. The van der Waals surface area contributed by atoms with Crippen LogP contribution < -0.4 is 10.6 Å². The molecule has 0 spiro atoms. The number of rotatable bonds is 4. The summed E-state index contributed by atoms with van der Waals surface area (Å²) in [5.74, 6) is 0.291. The van der Waals surface area contributed by atoms with Gasteiger partial charge < -0.3 is 10.6 Å². The van der Waals surface area contributed by atoms with Crippen LogP contribution in [0.5, 0.6) is 0 Å². The summed E-state index contributed by atoms with van der Waals surface area (Å²) in [5.41, 5.74) is 6.15. The fourth-order valence-corrected chi connectivity index (χ4v) is 3.22. The smallest absolute Gasteiger partial charge is 0.293 e. The Bertz CT molecular complexity index is 657. The topological polar surface area (TPSA) is 107 Å². The normalized spacial score (nSPS) is 20.5. The number of hydrogen-bond donors (Lipinski definition) is 1. The van der Waals surface area contributed by atoms with Crippen molar-refractivity contribution in [3.05, 3.63) is 28.3 Å². The average molecular weight is 313 g/mol. The fourth-order valence-electron chi connectivity index (χ4n) is 2.58. The molecule has 2 rings (SSSR count). The predicted molar refractivity (Wildman–Crippen MR) is 80.2 cm³/mol. The Morgan fingerprint density at radius 3 is 2.62 bits per heavy atom. The fraction of sp³-hybridized carbons (Fsp3) is 0.538. The summed E-state index contributed by atoms with van der Waals surface area (Å²) in [6.45, 7) is 3.26.